The van der Waals surface area contributed by atoms with E-state index in [-0.39, 0.29) is 5.91 Å². The monoisotopic (exact) mass is 225 g/mol. The van der Waals surface area contributed by atoms with Crippen LogP contribution in [0.25, 0.3) is 0 Å². The van der Waals surface area contributed by atoms with E-state index in [2.05, 4.69) is 25.8 Å². The van der Waals surface area contributed by atoms with Crippen LogP contribution in [0.4, 0.5) is 0 Å². The normalized spacial score (nSPS) is 11.4. The first-order chi connectivity index (χ1) is 7.56. The number of amides is 1. The SMILES string of the molecule is CNC(C)(C)C(=O)NCCCc1ncn[nH]1. The lowest BCUT2D eigenvalue weighted by atomic mass is 10.1. The maximum Gasteiger partial charge on any atom is 0.239 e. The molecule has 0 bridgehead atoms. The van der Waals surface area contributed by atoms with Crippen molar-refractivity contribution >= 4 is 5.91 Å². The van der Waals surface area contributed by atoms with Gasteiger partial charge in [0.05, 0.1) is 5.54 Å². The number of hydrogen-bond donors (Lipinski definition) is 3. The number of aryl methyl sites for hydroxylation is 1. The first-order valence-electron chi connectivity index (χ1n) is 5.37. The minimum absolute atomic E-state index is 0.00701. The molecule has 0 atom stereocenters. The highest BCUT2D eigenvalue weighted by atomic mass is 16.2. The van der Waals surface area contributed by atoms with Gasteiger partial charge in [-0.15, -0.1) is 0 Å². The van der Waals surface area contributed by atoms with Gasteiger partial charge in [-0.3, -0.25) is 9.89 Å². The summed E-state index contributed by atoms with van der Waals surface area (Å²) in [5.74, 6) is 0.856. The number of nitrogens with one attached hydrogen (secondary N) is 3. The molecule has 90 valence electrons. The van der Waals surface area contributed by atoms with Crippen molar-refractivity contribution < 1.29 is 4.79 Å². The number of aromatic amines is 1. The first kappa shape index (κ1) is 12.6. The van der Waals surface area contributed by atoms with Gasteiger partial charge in [0.15, 0.2) is 0 Å². The molecule has 16 heavy (non-hydrogen) atoms. The van der Waals surface area contributed by atoms with E-state index in [1.807, 2.05) is 13.8 Å². The van der Waals surface area contributed by atoms with Crippen molar-refractivity contribution in [2.45, 2.75) is 32.2 Å². The lowest BCUT2D eigenvalue weighted by Crippen LogP contribution is -2.51. The largest absolute Gasteiger partial charge is 0.355 e. The Morgan fingerprint density at radius 1 is 1.56 bits per heavy atom. The Bertz CT molecular complexity index is 320. The third-order valence-corrected chi connectivity index (χ3v) is 2.53. The summed E-state index contributed by atoms with van der Waals surface area (Å²) in [6.07, 6.45) is 3.12. The van der Waals surface area contributed by atoms with Gasteiger partial charge in [-0.05, 0) is 27.3 Å². The quantitative estimate of drug-likeness (QED) is 0.588. The Morgan fingerprint density at radius 2 is 2.31 bits per heavy atom. The number of aromatic nitrogens is 3. The summed E-state index contributed by atoms with van der Waals surface area (Å²) in [7, 11) is 1.77. The molecule has 0 aromatic carbocycles. The smallest absolute Gasteiger partial charge is 0.239 e. The van der Waals surface area contributed by atoms with Gasteiger partial charge in [0.1, 0.15) is 12.2 Å². The highest BCUT2D eigenvalue weighted by Crippen LogP contribution is 2.00. The van der Waals surface area contributed by atoms with Crippen LogP contribution in [0.15, 0.2) is 6.33 Å². The zero-order valence-electron chi connectivity index (χ0n) is 10.0. The molecule has 0 aliphatic heterocycles. The summed E-state index contributed by atoms with van der Waals surface area (Å²) in [5, 5.41) is 12.4. The second kappa shape index (κ2) is 5.60. The topological polar surface area (TPSA) is 82.7 Å². The van der Waals surface area contributed by atoms with E-state index in [1.54, 1.807) is 7.05 Å². The molecule has 1 heterocycles. The van der Waals surface area contributed by atoms with E-state index in [1.165, 1.54) is 6.33 Å². The Kier molecular flexibility index (Phi) is 4.42. The zero-order chi connectivity index (χ0) is 12.0. The molecule has 1 rings (SSSR count). The molecule has 0 spiro atoms. The summed E-state index contributed by atoms with van der Waals surface area (Å²) in [5.41, 5.74) is -0.522. The molecule has 0 radical (unpaired) electrons. The van der Waals surface area contributed by atoms with Gasteiger partial charge >= 0.3 is 0 Å². The fourth-order valence-electron chi connectivity index (χ4n) is 1.14. The molecule has 0 aliphatic carbocycles. The third kappa shape index (κ3) is 3.62. The number of likely N-dealkylation sites (N-methyl/N-ethyl adjacent to an activating group) is 1. The van der Waals surface area contributed by atoms with Crippen molar-refractivity contribution in [3.05, 3.63) is 12.2 Å². The second-order valence-corrected chi connectivity index (χ2v) is 4.17. The average molecular weight is 225 g/mol. The summed E-state index contributed by atoms with van der Waals surface area (Å²) >= 11 is 0. The van der Waals surface area contributed by atoms with Crippen LogP contribution in [0.5, 0.6) is 0 Å². The molecule has 1 aromatic rings. The number of hydrogen-bond acceptors (Lipinski definition) is 4. The number of H-pyrrole nitrogens is 1. The van der Waals surface area contributed by atoms with Crippen molar-refractivity contribution in [3.63, 3.8) is 0 Å². The number of carbonyl (C=O) groups is 1. The Labute approximate surface area is 95.2 Å². The highest BCUT2D eigenvalue weighted by Gasteiger charge is 2.24. The second-order valence-electron chi connectivity index (χ2n) is 4.17. The van der Waals surface area contributed by atoms with Crippen molar-refractivity contribution in [2.75, 3.05) is 13.6 Å². The molecule has 0 unspecified atom stereocenters. The van der Waals surface area contributed by atoms with E-state index in [4.69, 9.17) is 0 Å². The molecule has 6 nitrogen and oxygen atoms in total. The lowest BCUT2D eigenvalue weighted by Gasteiger charge is -2.22. The number of rotatable bonds is 6. The van der Waals surface area contributed by atoms with Crippen molar-refractivity contribution in [2.24, 2.45) is 0 Å². The summed E-state index contributed by atoms with van der Waals surface area (Å²) < 4.78 is 0. The highest BCUT2D eigenvalue weighted by molar-refractivity contribution is 5.85. The van der Waals surface area contributed by atoms with Crippen LogP contribution < -0.4 is 10.6 Å². The average Bonchev–Trinajstić information content (AvgIpc) is 2.76. The van der Waals surface area contributed by atoms with E-state index in [0.29, 0.717) is 6.54 Å². The van der Waals surface area contributed by atoms with Crippen LogP contribution in [-0.2, 0) is 11.2 Å². The van der Waals surface area contributed by atoms with Gasteiger partial charge in [-0.25, -0.2) is 4.98 Å². The Balaban J connectivity index is 2.18. The fourth-order valence-corrected chi connectivity index (χ4v) is 1.14. The molecule has 0 aliphatic rings. The van der Waals surface area contributed by atoms with Crippen LogP contribution in [0.2, 0.25) is 0 Å². The Morgan fingerprint density at radius 3 is 2.88 bits per heavy atom. The molecular weight excluding hydrogens is 206 g/mol. The lowest BCUT2D eigenvalue weighted by molar-refractivity contribution is -0.126. The van der Waals surface area contributed by atoms with E-state index in [9.17, 15) is 4.79 Å². The fraction of sp³-hybridized carbons (Fsp3) is 0.700. The molecule has 1 aromatic heterocycles. The molecule has 0 saturated carbocycles. The van der Waals surface area contributed by atoms with E-state index in [0.717, 1.165) is 18.7 Å². The van der Waals surface area contributed by atoms with Crippen molar-refractivity contribution in [1.82, 2.24) is 25.8 Å². The van der Waals surface area contributed by atoms with Crippen LogP contribution in [0, 0.1) is 0 Å². The summed E-state index contributed by atoms with van der Waals surface area (Å²) in [6.45, 7) is 4.34. The van der Waals surface area contributed by atoms with Gasteiger partial charge < -0.3 is 10.6 Å². The first-order valence-corrected chi connectivity index (χ1v) is 5.37. The minimum Gasteiger partial charge on any atom is -0.355 e. The number of nitrogens with zero attached hydrogens (tertiary/aromatic N) is 2. The zero-order valence-corrected chi connectivity index (χ0v) is 10.0. The van der Waals surface area contributed by atoms with Gasteiger partial charge in [0.2, 0.25) is 5.91 Å². The standard InChI is InChI=1S/C10H19N5O/c1-10(2,11-3)9(16)12-6-4-5-8-13-7-14-15-8/h7,11H,4-6H2,1-3H3,(H,12,16)(H,13,14,15). The van der Waals surface area contributed by atoms with Gasteiger partial charge in [-0.1, -0.05) is 0 Å². The van der Waals surface area contributed by atoms with Crippen LogP contribution in [0.1, 0.15) is 26.1 Å². The molecule has 6 heteroatoms. The predicted molar refractivity (Wildman–Crippen MR) is 60.9 cm³/mol. The molecule has 0 saturated heterocycles. The van der Waals surface area contributed by atoms with Crippen molar-refractivity contribution in [1.29, 1.82) is 0 Å². The molecule has 3 N–H and O–H groups in total. The minimum atomic E-state index is -0.522. The van der Waals surface area contributed by atoms with Crippen LogP contribution >= 0.6 is 0 Å². The van der Waals surface area contributed by atoms with Gasteiger partial charge in [0.25, 0.3) is 0 Å². The van der Waals surface area contributed by atoms with Gasteiger partial charge in [0, 0.05) is 13.0 Å². The predicted octanol–water partition coefficient (Wildman–Crippen LogP) is -0.148. The van der Waals surface area contributed by atoms with Crippen molar-refractivity contribution in [3.8, 4) is 0 Å². The number of carbonyl (C=O) groups excluding carboxylic acids is 1. The van der Waals surface area contributed by atoms with Crippen LogP contribution in [-0.4, -0.2) is 40.2 Å². The summed E-state index contributed by atoms with van der Waals surface area (Å²) in [6, 6.07) is 0. The molecular formula is C10H19N5O. The summed E-state index contributed by atoms with van der Waals surface area (Å²) in [4.78, 5) is 15.7. The molecule has 0 fully saturated rings. The van der Waals surface area contributed by atoms with E-state index >= 15 is 0 Å². The maximum absolute atomic E-state index is 11.6. The Hall–Kier alpha value is -1.43. The van der Waals surface area contributed by atoms with E-state index < -0.39 is 5.54 Å². The third-order valence-electron chi connectivity index (χ3n) is 2.53. The maximum atomic E-state index is 11.6. The van der Waals surface area contributed by atoms with Gasteiger partial charge in [-0.2, -0.15) is 5.10 Å². The van der Waals surface area contributed by atoms with Crippen LogP contribution in [0.3, 0.4) is 0 Å². The molecule has 1 amide bonds.